The van der Waals surface area contributed by atoms with E-state index in [1.165, 1.54) is 0 Å². The number of nitrogens with two attached hydrogens (primary N) is 1. The van der Waals surface area contributed by atoms with Gasteiger partial charge in [0.1, 0.15) is 0 Å². The van der Waals surface area contributed by atoms with E-state index in [0.29, 0.717) is 12.4 Å². The summed E-state index contributed by atoms with van der Waals surface area (Å²) in [6.07, 6.45) is 0. The van der Waals surface area contributed by atoms with Crippen molar-refractivity contribution >= 4 is 22.6 Å². The van der Waals surface area contributed by atoms with Crippen molar-refractivity contribution in [3.8, 4) is 5.88 Å². The van der Waals surface area contributed by atoms with E-state index in [0.717, 1.165) is 9.26 Å². The van der Waals surface area contributed by atoms with Crippen LogP contribution in [0.15, 0.2) is 12.1 Å². The molecule has 2 N–H and O–H groups in total. The lowest BCUT2D eigenvalue weighted by Crippen LogP contribution is -2.01. The van der Waals surface area contributed by atoms with Crippen LogP contribution in [-0.4, -0.2) is 12.1 Å². The molecule has 0 amide bonds. The number of aromatic nitrogens is 1. The predicted octanol–water partition coefficient (Wildman–Crippen LogP) is 1.15. The Bertz CT molecular complexity index is 230. The van der Waals surface area contributed by atoms with E-state index in [1.807, 2.05) is 12.1 Å². The second kappa shape index (κ2) is 3.87. The Kier molecular flexibility index (Phi) is 3.07. The van der Waals surface area contributed by atoms with Crippen LogP contribution in [0.1, 0.15) is 5.69 Å². The lowest BCUT2D eigenvalue weighted by atomic mass is 10.3. The molecule has 0 radical (unpaired) electrons. The minimum Gasteiger partial charge on any atom is -0.481 e. The first-order chi connectivity index (χ1) is 5.26. The van der Waals surface area contributed by atoms with Crippen molar-refractivity contribution < 1.29 is 4.74 Å². The maximum absolute atomic E-state index is 5.42. The van der Waals surface area contributed by atoms with Gasteiger partial charge in [0.2, 0.25) is 5.88 Å². The van der Waals surface area contributed by atoms with Gasteiger partial charge in [0.25, 0.3) is 0 Å². The first-order valence-electron chi connectivity index (χ1n) is 3.17. The van der Waals surface area contributed by atoms with Crippen LogP contribution < -0.4 is 10.5 Å². The number of hydrogen-bond donors (Lipinski definition) is 1. The Labute approximate surface area is 79.1 Å². The molecule has 1 aromatic rings. The number of pyridine rings is 1. The van der Waals surface area contributed by atoms with E-state index >= 15 is 0 Å². The van der Waals surface area contributed by atoms with Crippen LogP contribution in [0.25, 0.3) is 0 Å². The molecule has 4 heteroatoms. The average molecular weight is 264 g/mol. The van der Waals surface area contributed by atoms with Crippen LogP contribution in [-0.2, 0) is 6.54 Å². The minimum atomic E-state index is 0.452. The maximum Gasteiger partial charge on any atom is 0.214 e. The van der Waals surface area contributed by atoms with Gasteiger partial charge in [0.15, 0.2) is 0 Å². The fraction of sp³-hybridized carbons (Fsp3) is 0.286. The molecular formula is C7H9IN2O. The summed E-state index contributed by atoms with van der Waals surface area (Å²) in [5, 5.41) is 0. The third kappa shape index (κ3) is 2.30. The monoisotopic (exact) mass is 264 g/mol. The van der Waals surface area contributed by atoms with Crippen LogP contribution in [0.2, 0.25) is 0 Å². The van der Waals surface area contributed by atoms with Crippen molar-refractivity contribution in [2.75, 3.05) is 7.11 Å². The molecule has 0 aliphatic heterocycles. The molecule has 0 aliphatic carbocycles. The van der Waals surface area contributed by atoms with Crippen molar-refractivity contribution in [2.45, 2.75) is 6.54 Å². The third-order valence-electron chi connectivity index (χ3n) is 1.24. The highest BCUT2D eigenvalue weighted by Gasteiger charge is 1.98. The van der Waals surface area contributed by atoms with E-state index in [9.17, 15) is 0 Å². The topological polar surface area (TPSA) is 48.1 Å². The second-order valence-corrected chi connectivity index (χ2v) is 3.27. The van der Waals surface area contributed by atoms with Gasteiger partial charge in [0, 0.05) is 16.2 Å². The number of nitrogens with zero attached hydrogens (tertiary/aromatic N) is 1. The molecule has 60 valence electrons. The summed E-state index contributed by atoms with van der Waals surface area (Å²) in [7, 11) is 1.60. The highest BCUT2D eigenvalue weighted by atomic mass is 127. The maximum atomic E-state index is 5.42. The molecule has 1 rings (SSSR count). The molecule has 0 aromatic carbocycles. The van der Waals surface area contributed by atoms with Gasteiger partial charge in [-0.1, -0.05) is 0 Å². The Morgan fingerprint density at radius 1 is 1.64 bits per heavy atom. The first-order valence-corrected chi connectivity index (χ1v) is 4.24. The molecule has 3 nitrogen and oxygen atoms in total. The fourth-order valence-corrected chi connectivity index (χ4v) is 1.36. The molecule has 0 bridgehead atoms. The van der Waals surface area contributed by atoms with Gasteiger partial charge in [-0.2, -0.15) is 0 Å². The fourth-order valence-electron chi connectivity index (χ4n) is 0.734. The normalized spacial score (nSPS) is 9.73. The minimum absolute atomic E-state index is 0.452. The van der Waals surface area contributed by atoms with Gasteiger partial charge >= 0.3 is 0 Å². The number of hydrogen-bond acceptors (Lipinski definition) is 3. The van der Waals surface area contributed by atoms with Crippen molar-refractivity contribution in [3.05, 3.63) is 21.4 Å². The van der Waals surface area contributed by atoms with Gasteiger partial charge in [-0.25, -0.2) is 4.98 Å². The summed E-state index contributed by atoms with van der Waals surface area (Å²) in [6.45, 7) is 0.452. The van der Waals surface area contributed by atoms with Crippen molar-refractivity contribution in [1.82, 2.24) is 4.98 Å². The predicted molar refractivity (Wildman–Crippen MR) is 51.4 cm³/mol. The quantitative estimate of drug-likeness (QED) is 0.815. The average Bonchev–Trinajstić information content (AvgIpc) is 2.03. The van der Waals surface area contributed by atoms with E-state index in [1.54, 1.807) is 7.11 Å². The molecule has 0 atom stereocenters. The van der Waals surface area contributed by atoms with E-state index in [-0.39, 0.29) is 0 Å². The lowest BCUT2D eigenvalue weighted by molar-refractivity contribution is 0.396. The highest BCUT2D eigenvalue weighted by molar-refractivity contribution is 14.1. The lowest BCUT2D eigenvalue weighted by Gasteiger charge is -2.01. The van der Waals surface area contributed by atoms with Crippen LogP contribution in [0.3, 0.4) is 0 Å². The molecule has 0 unspecified atom stereocenters. The van der Waals surface area contributed by atoms with Gasteiger partial charge in [-0.3, -0.25) is 0 Å². The summed E-state index contributed by atoms with van der Waals surface area (Å²) in [4.78, 5) is 4.12. The standard InChI is InChI=1S/C7H9IN2O/c1-11-7-3-5(8)2-6(4-9)10-7/h2-3H,4,9H2,1H3. The van der Waals surface area contributed by atoms with Crippen molar-refractivity contribution in [3.63, 3.8) is 0 Å². The first kappa shape index (κ1) is 8.73. The van der Waals surface area contributed by atoms with Crippen LogP contribution in [0.5, 0.6) is 5.88 Å². The zero-order chi connectivity index (χ0) is 8.27. The number of rotatable bonds is 2. The highest BCUT2D eigenvalue weighted by Crippen LogP contribution is 2.13. The van der Waals surface area contributed by atoms with Crippen LogP contribution >= 0.6 is 22.6 Å². The smallest absolute Gasteiger partial charge is 0.214 e. The largest absolute Gasteiger partial charge is 0.481 e. The van der Waals surface area contributed by atoms with Crippen LogP contribution in [0.4, 0.5) is 0 Å². The van der Waals surface area contributed by atoms with Gasteiger partial charge in [-0.05, 0) is 28.7 Å². The summed E-state index contributed by atoms with van der Waals surface area (Å²) in [6, 6.07) is 3.79. The van der Waals surface area contributed by atoms with E-state index in [4.69, 9.17) is 10.5 Å². The van der Waals surface area contributed by atoms with Crippen LogP contribution in [0, 0.1) is 3.57 Å². The Hall–Kier alpha value is -0.360. The van der Waals surface area contributed by atoms with E-state index < -0.39 is 0 Å². The molecular weight excluding hydrogens is 255 g/mol. The summed E-state index contributed by atoms with van der Waals surface area (Å²) >= 11 is 2.20. The van der Waals surface area contributed by atoms with Gasteiger partial charge in [-0.15, -0.1) is 0 Å². The molecule has 1 aromatic heterocycles. The second-order valence-electron chi connectivity index (χ2n) is 2.02. The van der Waals surface area contributed by atoms with E-state index in [2.05, 4.69) is 27.6 Å². The summed E-state index contributed by atoms with van der Waals surface area (Å²) in [5.41, 5.74) is 6.28. The molecule has 0 saturated carbocycles. The molecule has 0 saturated heterocycles. The molecule has 11 heavy (non-hydrogen) atoms. The Morgan fingerprint density at radius 2 is 2.36 bits per heavy atom. The summed E-state index contributed by atoms with van der Waals surface area (Å²) in [5.74, 6) is 0.623. The summed E-state index contributed by atoms with van der Waals surface area (Å²) < 4.78 is 6.06. The third-order valence-corrected chi connectivity index (χ3v) is 1.86. The SMILES string of the molecule is COc1cc(I)cc(CN)n1. The van der Waals surface area contributed by atoms with Gasteiger partial charge < -0.3 is 10.5 Å². The Balaban J connectivity index is 3.02. The molecule has 0 aliphatic rings. The number of halogens is 1. The number of ether oxygens (including phenoxy) is 1. The van der Waals surface area contributed by atoms with Gasteiger partial charge in [0.05, 0.1) is 12.8 Å². The van der Waals surface area contributed by atoms with Crippen molar-refractivity contribution in [1.29, 1.82) is 0 Å². The van der Waals surface area contributed by atoms with Crippen molar-refractivity contribution in [2.24, 2.45) is 5.73 Å². The molecule has 0 spiro atoms. The number of methoxy groups -OCH3 is 1. The molecule has 1 heterocycles. The molecule has 0 fully saturated rings. The Morgan fingerprint density at radius 3 is 2.91 bits per heavy atom. The zero-order valence-corrected chi connectivity index (χ0v) is 8.33. The zero-order valence-electron chi connectivity index (χ0n) is 6.17.